The molecule has 1 aromatic carbocycles. The van der Waals surface area contributed by atoms with E-state index in [1.807, 2.05) is 4.90 Å². The first-order valence-electron chi connectivity index (χ1n) is 11.2. The highest BCUT2D eigenvalue weighted by Crippen LogP contribution is 2.42. The van der Waals surface area contributed by atoms with Crippen molar-refractivity contribution in [1.82, 2.24) is 9.80 Å². The van der Waals surface area contributed by atoms with Crippen molar-refractivity contribution in [3.63, 3.8) is 0 Å². The van der Waals surface area contributed by atoms with Gasteiger partial charge in [0.2, 0.25) is 0 Å². The third-order valence-corrected chi connectivity index (χ3v) is 6.73. The van der Waals surface area contributed by atoms with Gasteiger partial charge in [0.05, 0.1) is 5.57 Å². The van der Waals surface area contributed by atoms with Gasteiger partial charge in [-0.05, 0) is 25.6 Å². The lowest BCUT2D eigenvalue weighted by Crippen LogP contribution is -2.53. The van der Waals surface area contributed by atoms with E-state index >= 15 is 0 Å². The van der Waals surface area contributed by atoms with E-state index < -0.39 is 17.9 Å². The normalized spacial score (nSPS) is 21.5. The highest BCUT2D eigenvalue weighted by atomic mass is 19.4. The Balaban J connectivity index is 1.44. The molecule has 0 N–H and O–H groups in total. The number of hydrogen-bond donors (Lipinski definition) is 0. The fourth-order valence-electron chi connectivity index (χ4n) is 4.89. The minimum Gasteiger partial charge on any atom is -0.450 e. The molecule has 180 valence electrons. The molecule has 0 bridgehead atoms. The molecule has 1 amide bonds. The standard InChI is InChI=1S/C23H28F3N3O4/c1-3-27-9-7-22(8-10-27)19(16(2)21(31)33-22)20(30)29-13-11-28(12-14-29)17-5-4-6-18(15-17)32-23(24,25)26/h4-6,15H,3,7-14H2,1-2H3. The van der Waals surface area contributed by atoms with Crippen LogP contribution in [0.5, 0.6) is 5.75 Å². The van der Waals surface area contributed by atoms with Crippen molar-refractivity contribution >= 4 is 17.6 Å². The molecule has 3 heterocycles. The number of carbonyl (C=O) groups is 2. The van der Waals surface area contributed by atoms with Crippen molar-refractivity contribution in [2.45, 2.75) is 38.7 Å². The maximum Gasteiger partial charge on any atom is 0.573 e. The topological polar surface area (TPSA) is 62.3 Å². The van der Waals surface area contributed by atoms with Crippen molar-refractivity contribution in [2.24, 2.45) is 0 Å². The Morgan fingerprint density at radius 2 is 1.79 bits per heavy atom. The second kappa shape index (κ2) is 8.89. The van der Waals surface area contributed by atoms with Crippen LogP contribution in [-0.4, -0.2) is 79.5 Å². The van der Waals surface area contributed by atoms with Crippen LogP contribution in [0.2, 0.25) is 0 Å². The number of amides is 1. The SMILES string of the molecule is CCN1CCC2(CC1)OC(=O)C(C)=C2C(=O)N1CCN(c2cccc(OC(F)(F)F)c2)CC1. The van der Waals surface area contributed by atoms with Crippen molar-refractivity contribution < 1.29 is 32.2 Å². The summed E-state index contributed by atoms with van der Waals surface area (Å²) in [6.45, 7) is 7.87. The lowest BCUT2D eigenvalue weighted by molar-refractivity contribution is -0.274. The van der Waals surface area contributed by atoms with E-state index in [0.717, 1.165) is 19.6 Å². The minimum absolute atomic E-state index is 0.183. The van der Waals surface area contributed by atoms with Crippen molar-refractivity contribution in [1.29, 1.82) is 0 Å². The first kappa shape index (κ1) is 23.4. The van der Waals surface area contributed by atoms with Crippen LogP contribution >= 0.6 is 0 Å². The Kier molecular flexibility index (Phi) is 6.30. The quantitative estimate of drug-likeness (QED) is 0.635. The zero-order valence-electron chi connectivity index (χ0n) is 18.8. The number of carbonyl (C=O) groups excluding carboxylic acids is 2. The lowest BCUT2D eigenvalue weighted by Gasteiger charge is -2.41. The van der Waals surface area contributed by atoms with Crippen molar-refractivity contribution in [3.05, 3.63) is 35.4 Å². The number of ether oxygens (including phenoxy) is 2. The number of halogens is 3. The maximum absolute atomic E-state index is 13.5. The summed E-state index contributed by atoms with van der Waals surface area (Å²) >= 11 is 0. The van der Waals surface area contributed by atoms with E-state index in [9.17, 15) is 22.8 Å². The molecule has 0 aromatic heterocycles. The van der Waals surface area contributed by atoms with Gasteiger partial charge in [-0.1, -0.05) is 13.0 Å². The number of alkyl halides is 3. The molecule has 0 aliphatic carbocycles. The van der Waals surface area contributed by atoms with Gasteiger partial charge in [-0.3, -0.25) is 4.79 Å². The van der Waals surface area contributed by atoms with Crippen LogP contribution in [0.15, 0.2) is 35.4 Å². The van der Waals surface area contributed by atoms with Crippen LogP contribution in [-0.2, 0) is 14.3 Å². The van der Waals surface area contributed by atoms with Gasteiger partial charge >= 0.3 is 12.3 Å². The van der Waals surface area contributed by atoms with E-state index in [0.29, 0.717) is 55.9 Å². The number of nitrogens with zero attached hydrogens (tertiary/aromatic N) is 3. The van der Waals surface area contributed by atoms with E-state index in [1.54, 1.807) is 17.9 Å². The molecule has 0 radical (unpaired) electrons. The molecule has 3 aliphatic heterocycles. The molecule has 2 saturated heterocycles. The number of rotatable bonds is 4. The molecule has 10 heteroatoms. The number of piperazine rings is 1. The van der Waals surface area contributed by atoms with Gasteiger partial charge in [0, 0.05) is 69.4 Å². The van der Waals surface area contributed by atoms with Gasteiger partial charge in [-0.15, -0.1) is 13.2 Å². The molecule has 4 rings (SSSR count). The summed E-state index contributed by atoms with van der Waals surface area (Å²) in [6.07, 6.45) is -3.56. The number of benzene rings is 1. The second-order valence-corrected chi connectivity index (χ2v) is 8.64. The zero-order chi connectivity index (χ0) is 23.8. The van der Waals surface area contributed by atoms with Gasteiger partial charge in [-0.25, -0.2) is 4.79 Å². The van der Waals surface area contributed by atoms with Crippen molar-refractivity contribution in [2.75, 3.05) is 50.7 Å². The molecular weight excluding hydrogens is 439 g/mol. The van der Waals surface area contributed by atoms with Crippen LogP contribution in [0.3, 0.4) is 0 Å². The van der Waals surface area contributed by atoms with Crippen LogP contribution in [0.25, 0.3) is 0 Å². The summed E-state index contributed by atoms with van der Waals surface area (Å²) in [4.78, 5) is 31.8. The number of anilines is 1. The molecule has 7 nitrogen and oxygen atoms in total. The van der Waals surface area contributed by atoms with Crippen LogP contribution in [0.1, 0.15) is 26.7 Å². The third-order valence-electron chi connectivity index (χ3n) is 6.73. The fraction of sp³-hybridized carbons (Fsp3) is 0.565. The number of esters is 1. The lowest BCUT2D eigenvalue weighted by atomic mass is 9.82. The molecule has 0 unspecified atom stereocenters. The minimum atomic E-state index is -4.75. The Morgan fingerprint density at radius 3 is 2.39 bits per heavy atom. The van der Waals surface area contributed by atoms with Crippen LogP contribution in [0, 0.1) is 0 Å². The highest BCUT2D eigenvalue weighted by Gasteiger charge is 2.51. The maximum atomic E-state index is 13.5. The summed E-state index contributed by atoms with van der Waals surface area (Å²) in [5.41, 5.74) is 0.591. The average Bonchev–Trinajstić information content (AvgIpc) is 3.02. The first-order chi connectivity index (χ1) is 15.6. The van der Waals surface area contributed by atoms with Gasteiger partial charge < -0.3 is 24.2 Å². The number of piperidine rings is 1. The zero-order valence-corrected chi connectivity index (χ0v) is 18.8. The van der Waals surface area contributed by atoms with Gasteiger partial charge in [0.25, 0.3) is 5.91 Å². The monoisotopic (exact) mass is 467 g/mol. The molecule has 1 spiro atoms. The van der Waals surface area contributed by atoms with E-state index in [-0.39, 0.29) is 11.7 Å². The average molecular weight is 467 g/mol. The summed E-state index contributed by atoms with van der Waals surface area (Å²) in [5, 5.41) is 0. The fourth-order valence-corrected chi connectivity index (χ4v) is 4.89. The Bertz CT molecular complexity index is 947. The second-order valence-electron chi connectivity index (χ2n) is 8.64. The van der Waals surface area contributed by atoms with Gasteiger partial charge in [0.1, 0.15) is 11.4 Å². The number of likely N-dealkylation sites (tertiary alicyclic amines) is 1. The smallest absolute Gasteiger partial charge is 0.450 e. The molecule has 0 atom stereocenters. The van der Waals surface area contributed by atoms with Crippen molar-refractivity contribution in [3.8, 4) is 5.75 Å². The van der Waals surface area contributed by atoms with E-state index in [2.05, 4.69) is 16.6 Å². The molecular formula is C23H28F3N3O4. The molecule has 33 heavy (non-hydrogen) atoms. The summed E-state index contributed by atoms with van der Waals surface area (Å²) in [5.74, 6) is -0.887. The van der Waals surface area contributed by atoms with E-state index in [1.165, 1.54) is 18.2 Å². The predicted molar refractivity (Wildman–Crippen MR) is 115 cm³/mol. The molecule has 2 fully saturated rings. The van der Waals surface area contributed by atoms with Crippen LogP contribution < -0.4 is 9.64 Å². The Morgan fingerprint density at radius 1 is 1.12 bits per heavy atom. The molecule has 3 aliphatic rings. The predicted octanol–water partition coefficient (Wildman–Crippen LogP) is 2.96. The number of hydrogen-bond acceptors (Lipinski definition) is 6. The summed E-state index contributed by atoms with van der Waals surface area (Å²) in [6, 6.07) is 5.83. The van der Waals surface area contributed by atoms with E-state index in [4.69, 9.17) is 4.74 Å². The molecule has 1 aromatic rings. The highest BCUT2D eigenvalue weighted by molar-refractivity contribution is 6.07. The first-order valence-corrected chi connectivity index (χ1v) is 11.2. The Hall–Kier alpha value is -2.75. The Labute approximate surface area is 190 Å². The third kappa shape index (κ3) is 4.80. The summed E-state index contributed by atoms with van der Waals surface area (Å²) < 4.78 is 47.4. The van der Waals surface area contributed by atoms with Crippen LogP contribution in [0.4, 0.5) is 18.9 Å². The largest absolute Gasteiger partial charge is 0.573 e. The molecule has 0 saturated carbocycles. The van der Waals surface area contributed by atoms with Gasteiger partial charge in [0.15, 0.2) is 0 Å². The van der Waals surface area contributed by atoms with Gasteiger partial charge in [-0.2, -0.15) is 0 Å². The summed E-state index contributed by atoms with van der Waals surface area (Å²) in [7, 11) is 0.